The maximum Gasteiger partial charge on any atom is 0.265 e. The minimum Gasteiger partial charge on any atom is -0.496 e. The topological polar surface area (TPSA) is 45.3 Å². The highest BCUT2D eigenvalue weighted by Crippen LogP contribution is 2.36. The lowest BCUT2D eigenvalue weighted by Crippen LogP contribution is -2.46. The zero-order valence-electron chi connectivity index (χ0n) is 16.4. The van der Waals surface area contributed by atoms with Crippen molar-refractivity contribution < 1.29 is 14.3 Å². The van der Waals surface area contributed by atoms with Gasteiger partial charge in [0.1, 0.15) is 17.1 Å². The smallest absolute Gasteiger partial charge is 0.265 e. The molecule has 1 aliphatic heterocycles. The van der Waals surface area contributed by atoms with Crippen molar-refractivity contribution >= 4 is 17.3 Å². The number of benzene rings is 2. The van der Waals surface area contributed by atoms with Gasteiger partial charge in [-0.3, -0.25) is 4.79 Å². The summed E-state index contributed by atoms with van der Waals surface area (Å²) in [7, 11) is 7.27. The van der Waals surface area contributed by atoms with Gasteiger partial charge in [0, 0.05) is 26.2 Å². The molecule has 0 bridgehead atoms. The molecule has 2 aromatic carbocycles. The van der Waals surface area contributed by atoms with Crippen LogP contribution in [0, 0.1) is 0 Å². The van der Waals surface area contributed by atoms with Crippen molar-refractivity contribution in [3.8, 4) is 11.5 Å². The number of rotatable bonds is 6. The maximum absolute atomic E-state index is 13.4. The van der Waals surface area contributed by atoms with Crippen LogP contribution in [0.1, 0.15) is 10.4 Å². The van der Waals surface area contributed by atoms with Crippen molar-refractivity contribution in [2.45, 2.75) is 0 Å². The molecule has 0 atom stereocenters. The summed E-state index contributed by atoms with van der Waals surface area (Å²) in [6.07, 6.45) is 0. The summed E-state index contributed by atoms with van der Waals surface area (Å²) in [5, 5.41) is 0. The molecule has 6 heteroatoms. The molecule has 3 rings (SSSR count). The zero-order chi connectivity index (χ0) is 19.4. The third-order valence-corrected chi connectivity index (χ3v) is 4.81. The summed E-state index contributed by atoms with van der Waals surface area (Å²) in [4.78, 5) is 19.8. The number of likely N-dealkylation sites (N-methyl/N-ethyl adjacent to an activating group) is 1. The minimum absolute atomic E-state index is 0.107. The van der Waals surface area contributed by atoms with Gasteiger partial charge in [-0.15, -0.1) is 0 Å². The number of carbonyl (C=O) groups excluding carboxylic acids is 1. The van der Waals surface area contributed by atoms with Crippen molar-refractivity contribution in [3.63, 3.8) is 0 Å². The fraction of sp³-hybridized carbons (Fsp3) is 0.381. The minimum atomic E-state index is -0.107. The fourth-order valence-electron chi connectivity index (χ4n) is 3.38. The monoisotopic (exact) mass is 369 g/mol. The number of amides is 1. The van der Waals surface area contributed by atoms with Gasteiger partial charge in [-0.25, -0.2) is 0 Å². The second-order valence-electron chi connectivity index (χ2n) is 6.77. The summed E-state index contributed by atoms with van der Waals surface area (Å²) in [6, 6.07) is 13.4. The van der Waals surface area contributed by atoms with Gasteiger partial charge in [0.25, 0.3) is 5.91 Å². The molecule has 2 aromatic rings. The van der Waals surface area contributed by atoms with E-state index in [-0.39, 0.29) is 5.91 Å². The first-order valence-corrected chi connectivity index (χ1v) is 9.08. The summed E-state index contributed by atoms with van der Waals surface area (Å²) in [6.45, 7) is 3.28. The average molecular weight is 369 g/mol. The first-order chi connectivity index (χ1) is 13.1. The molecule has 6 nitrogen and oxygen atoms in total. The van der Waals surface area contributed by atoms with E-state index in [9.17, 15) is 4.79 Å². The SMILES string of the molecule is COc1cccc(OC)c1C(=O)N1CCN(CCN(C)C)c2ccccc21. The molecule has 0 saturated carbocycles. The van der Waals surface area contributed by atoms with Crippen molar-refractivity contribution in [1.29, 1.82) is 0 Å². The van der Waals surface area contributed by atoms with E-state index in [0.717, 1.165) is 31.0 Å². The summed E-state index contributed by atoms with van der Waals surface area (Å²) < 4.78 is 10.9. The standard InChI is InChI=1S/C21H27N3O3/c1-22(2)12-13-23-14-15-24(17-9-6-5-8-16(17)23)21(25)20-18(26-3)10-7-11-19(20)27-4/h5-11H,12-15H2,1-4H3. The van der Waals surface area contributed by atoms with E-state index >= 15 is 0 Å². The molecule has 0 saturated heterocycles. The Kier molecular flexibility index (Phi) is 5.86. The van der Waals surface area contributed by atoms with Gasteiger partial charge in [0.2, 0.25) is 0 Å². The van der Waals surface area contributed by atoms with Crippen molar-refractivity contribution in [2.75, 3.05) is 64.3 Å². The number of nitrogens with zero attached hydrogens (tertiary/aromatic N) is 3. The summed E-state index contributed by atoms with van der Waals surface area (Å²) in [5.41, 5.74) is 2.45. The normalized spacial score (nSPS) is 13.5. The highest BCUT2D eigenvalue weighted by atomic mass is 16.5. The molecule has 0 spiro atoms. The van der Waals surface area contributed by atoms with Crippen LogP contribution in [0.2, 0.25) is 0 Å². The molecule has 0 aromatic heterocycles. The van der Waals surface area contributed by atoms with Crippen LogP contribution in [0.25, 0.3) is 0 Å². The van der Waals surface area contributed by atoms with Crippen LogP contribution in [0.4, 0.5) is 11.4 Å². The summed E-state index contributed by atoms with van der Waals surface area (Å²) in [5.74, 6) is 0.933. The Labute approximate surface area is 160 Å². The Bertz CT molecular complexity index is 785. The third-order valence-electron chi connectivity index (χ3n) is 4.81. The lowest BCUT2D eigenvalue weighted by atomic mass is 10.1. The van der Waals surface area contributed by atoms with Crippen LogP contribution in [0.5, 0.6) is 11.5 Å². The number of methoxy groups -OCH3 is 2. The van der Waals surface area contributed by atoms with Crippen molar-refractivity contribution in [2.24, 2.45) is 0 Å². The number of ether oxygens (including phenoxy) is 2. The predicted molar refractivity (Wildman–Crippen MR) is 108 cm³/mol. The molecule has 0 N–H and O–H groups in total. The highest BCUT2D eigenvalue weighted by Gasteiger charge is 2.30. The highest BCUT2D eigenvalue weighted by molar-refractivity contribution is 6.11. The lowest BCUT2D eigenvalue weighted by Gasteiger charge is -2.38. The Hall–Kier alpha value is -2.73. The van der Waals surface area contributed by atoms with E-state index in [4.69, 9.17) is 9.47 Å². The Balaban J connectivity index is 1.96. The van der Waals surface area contributed by atoms with Crippen LogP contribution in [-0.2, 0) is 0 Å². The largest absolute Gasteiger partial charge is 0.496 e. The van der Waals surface area contributed by atoms with Crippen LogP contribution >= 0.6 is 0 Å². The molecule has 1 amide bonds. The van der Waals surface area contributed by atoms with E-state index in [1.165, 1.54) is 0 Å². The number of carbonyl (C=O) groups is 1. The number of para-hydroxylation sites is 2. The first-order valence-electron chi connectivity index (χ1n) is 9.08. The Morgan fingerprint density at radius 3 is 2.19 bits per heavy atom. The van der Waals surface area contributed by atoms with Gasteiger partial charge in [0.05, 0.1) is 25.6 Å². The number of hydrogen-bond donors (Lipinski definition) is 0. The van der Waals surface area contributed by atoms with Gasteiger partial charge >= 0.3 is 0 Å². The van der Waals surface area contributed by atoms with E-state index < -0.39 is 0 Å². The second-order valence-corrected chi connectivity index (χ2v) is 6.77. The molecular formula is C21H27N3O3. The molecule has 1 heterocycles. The van der Waals surface area contributed by atoms with Gasteiger partial charge in [0.15, 0.2) is 0 Å². The molecule has 0 aliphatic carbocycles. The van der Waals surface area contributed by atoms with Crippen molar-refractivity contribution in [3.05, 3.63) is 48.0 Å². The maximum atomic E-state index is 13.4. The van der Waals surface area contributed by atoms with Gasteiger partial charge in [-0.05, 0) is 38.4 Å². The Morgan fingerprint density at radius 2 is 1.59 bits per heavy atom. The number of hydrogen-bond acceptors (Lipinski definition) is 5. The van der Waals surface area contributed by atoms with Gasteiger partial charge in [-0.1, -0.05) is 18.2 Å². The van der Waals surface area contributed by atoms with E-state index in [1.54, 1.807) is 26.4 Å². The van der Waals surface area contributed by atoms with Crippen LogP contribution in [0.15, 0.2) is 42.5 Å². The van der Waals surface area contributed by atoms with E-state index in [1.807, 2.05) is 29.2 Å². The van der Waals surface area contributed by atoms with Gasteiger partial charge in [-0.2, -0.15) is 0 Å². The second kappa shape index (κ2) is 8.31. The fourth-order valence-corrected chi connectivity index (χ4v) is 3.38. The zero-order valence-corrected chi connectivity index (χ0v) is 16.4. The molecule has 144 valence electrons. The summed E-state index contributed by atoms with van der Waals surface area (Å²) >= 11 is 0. The predicted octanol–water partition coefficient (Wildman–Crippen LogP) is 2.73. The van der Waals surface area contributed by atoms with Gasteiger partial charge < -0.3 is 24.2 Å². The Morgan fingerprint density at radius 1 is 0.963 bits per heavy atom. The van der Waals surface area contributed by atoms with Crippen molar-refractivity contribution in [1.82, 2.24) is 4.90 Å². The molecular weight excluding hydrogens is 342 g/mol. The number of fused-ring (bicyclic) bond motifs is 1. The number of anilines is 2. The quantitative estimate of drug-likeness (QED) is 0.783. The van der Waals surface area contributed by atoms with Crippen LogP contribution in [-0.4, -0.2) is 65.3 Å². The van der Waals surface area contributed by atoms with E-state index in [0.29, 0.717) is 23.6 Å². The third kappa shape index (κ3) is 3.85. The molecule has 0 unspecified atom stereocenters. The van der Waals surface area contributed by atoms with Crippen LogP contribution in [0.3, 0.4) is 0 Å². The lowest BCUT2D eigenvalue weighted by molar-refractivity contribution is 0.0980. The molecule has 0 fully saturated rings. The average Bonchev–Trinajstić information content (AvgIpc) is 2.70. The molecule has 0 radical (unpaired) electrons. The van der Waals surface area contributed by atoms with Crippen LogP contribution < -0.4 is 19.3 Å². The molecule has 27 heavy (non-hydrogen) atoms. The molecule has 1 aliphatic rings. The first kappa shape index (κ1) is 19.0. The van der Waals surface area contributed by atoms with E-state index in [2.05, 4.69) is 30.0 Å².